The molecule has 0 radical (unpaired) electrons. The molecular formula is C13H21N3. The van der Waals surface area contributed by atoms with Crippen molar-refractivity contribution in [2.75, 3.05) is 5.32 Å². The maximum atomic E-state index is 3.97. The van der Waals surface area contributed by atoms with Crippen LogP contribution in [-0.2, 0) is 0 Å². The van der Waals surface area contributed by atoms with Crippen LogP contribution in [0.5, 0.6) is 0 Å². The van der Waals surface area contributed by atoms with Crippen molar-refractivity contribution in [1.29, 1.82) is 0 Å². The Hall–Kier alpha value is -0.990. The van der Waals surface area contributed by atoms with Crippen molar-refractivity contribution < 1.29 is 0 Å². The van der Waals surface area contributed by atoms with E-state index in [0.29, 0.717) is 6.04 Å². The molecule has 0 amide bonds. The van der Waals surface area contributed by atoms with Gasteiger partial charge in [-0.05, 0) is 43.9 Å². The fraction of sp³-hybridized carbons (Fsp3) is 0.769. The lowest BCUT2D eigenvalue weighted by Crippen LogP contribution is -2.31. The molecule has 3 nitrogen and oxygen atoms in total. The van der Waals surface area contributed by atoms with E-state index in [1.807, 2.05) is 12.4 Å². The van der Waals surface area contributed by atoms with Gasteiger partial charge in [0.05, 0.1) is 11.9 Å². The second kappa shape index (κ2) is 4.11. The first-order valence-corrected chi connectivity index (χ1v) is 6.62. The van der Waals surface area contributed by atoms with Gasteiger partial charge in [-0.3, -0.25) is 5.10 Å². The molecule has 0 atom stereocenters. The molecule has 0 aromatic carbocycles. The lowest BCUT2D eigenvalue weighted by Gasteiger charge is -2.37. The monoisotopic (exact) mass is 219 g/mol. The van der Waals surface area contributed by atoms with Crippen LogP contribution in [-0.4, -0.2) is 16.2 Å². The standard InChI is InChI=1S/C13H21N3/c1-2-6-13(5-1)7-3-11(4-8-13)16-12-9-14-15-10-12/h9-11,16H,1-8H2,(H,14,15). The van der Waals surface area contributed by atoms with Crippen LogP contribution in [0.2, 0.25) is 0 Å². The SMILES string of the molecule is c1n[nH]cc1NC1CCC2(CCCC2)CC1. The van der Waals surface area contributed by atoms with Gasteiger partial charge < -0.3 is 5.32 Å². The van der Waals surface area contributed by atoms with Gasteiger partial charge in [0.15, 0.2) is 0 Å². The van der Waals surface area contributed by atoms with Crippen LogP contribution >= 0.6 is 0 Å². The summed E-state index contributed by atoms with van der Waals surface area (Å²) in [6, 6.07) is 0.670. The van der Waals surface area contributed by atoms with Crippen LogP contribution in [0.25, 0.3) is 0 Å². The molecule has 2 fully saturated rings. The van der Waals surface area contributed by atoms with Gasteiger partial charge in [-0.25, -0.2) is 0 Å². The third kappa shape index (κ3) is 1.95. The van der Waals surface area contributed by atoms with Gasteiger partial charge in [0.25, 0.3) is 0 Å². The Balaban J connectivity index is 1.54. The highest BCUT2D eigenvalue weighted by molar-refractivity contribution is 5.38. The van der Waals surface area contributed by atoms with Crippen LogP contribution in [0.1, 0.15) is 51.4 Å². The predicted octanol–water partition coefficient (Wildman–Crippen LogP) is 3.32. The Bertz CT molecular complexity index is 315. The van der Waals surface area contributed by atoms with Crippen LogP contribution in [0.3, 0.4) is 0 Å². The third-order valence-electron chi connectivity index (χ3n) is 4.58. The van der Waals surface area contributed by atoms with E-state index in [4.69, 9.17) is 0 Å². The number of H-pyrrole nitrogens is 1. The summed E-state index contributed by atoms with van der Waals surface area (Å²) in [7, 11) is 0. The molecule has 0 bridgehead atoms. The molecule has 1 heterocycles. The Labute approximate surface area is 97.0 Å². The molecule has 0 unspecified atom stereocenters. The summed E-state index contributed by atoms with van der Waals surface area (Å²) in [5.74, 6) is 0. The first kappa shape index (κ1) is 10.2. The number of rotatable bonds is 2. The molecule has 0 aliphatic heterocycles. The van der Waals surface area contributed by atoms with E-state index in [2.05, 4.69) is 15.5 Å². The number of hydrogen-bond donors (Lipinski definition) is 2. The largest absolute Gasteiger partial charge is 0.380 e. The summed E-state index contributed by atoms with van der Waals surface area (Å²) in [5, 5.41) is 10.4. The predicted molar refractivity (Wildman–Crippen MR) is 65.4 cm³/mol. The average Bonchev–Trinajstić information content (AvgIpc) is 2.94. The minimum atomic E-state index is 0.670. The van der Waals surface area contributed by atoms with Gasteiger partial charge in [0, 0.05) is 12.2 Å². The lowest BCUT2D eigenvalue weighted by molar-refractivity contribution is 0.188. The van der Waals surface area contributed by atoms with Crippen molar-refractivity contribution in [3.05, 3.63) is 12.4 Å². The van der Waals surface area contributed by atoms with Crippen molar-refractivity contribution in [1.82, 2.24) is 10.2 Å². The van der Waals surface area contributed by atoms with Crippen LogP contribution in [0.15, 0.2) is 12.4 Å². The Kier molecular flexibility index (Phi) is 2.62. The highest BCUT2D eigenvalue weighted by Crippen LogP contribution is 2.49. The zero-order valence-corrected chi connectivity index (χ0v) is 9.84. The fourth-order valence-electron chi connectivity index (χ4n) is 3.57. The van der Waals surface area contributed by atoms with Crippen molar-refractivity contribution >= 4 is 5.69 Å². The molecule has 1 spiro atoms. The molecule has 0 saturated heterocycles. The van der Waals surface area contributed by atoms with E-state index in [0.717, 1.165) is 11.1 Å². The molecule has 2 N–H and O–H groups in total. The molecule has 88 valence electrons. The Morgan fingerprint density at radius 3 is 2.56 bits per heavy atom. The van der Waals surface area contributed by atoms with Crippen molar-refractivity contribution in [2.24, 2.45) is 5.41 Å². The molecule has 2 saturated carbocycles. The highest BCUT2D eigenvalue weighted by atomic mass is 15.1. The van der Waals surface area contributed by atoms with Gasteiger partial charge >= 0.3 is 0 Å². The lowest BCUT2D eigenvalue weighted by atomic mass is 9.71. The van der Waals surface area contributed by atoms with Gasteiger partial charge in [0.2, 0.25) is 0 Å². The van der Waals surface area contributed by atoms with Gasteiger partial charge in [0.1, 0.15) is 0 Å². The first-order valence-electron chi connectivity index (χ1n) is 6.62. The molecule has 2 aliphatic carbocycles. The number of aromatic amines is 1. The van der Waals surface area contributed by atoms with Crippen molar-refractivity contribution in [2.45, 2.75) is 57.4 Å². The summed E-state index contributed by atoms with van der Waals surface area (Å²) in [6.07, 6.45) is 15.3. The molecular weight excluding hydrogens is 198 g/mol. The van der Waals surface area contributed by atoms with Crippen LogP contribution in [0, 0.1) is 5.41 Å². The average molecular weight is 219 g/mol. The molecule has 1 aromatic heterocycles. The number of hydrogen-bond acceptors (Lipinski definition) is 2. The topological polar surface area (TPSA) is 40.7 Å². The number of nitrogens with one attached hydrogen (secondary N) is 2. The zero-order chi connectivity index (χ0) is 10.8. The third-order valence-corrected chi connectivity index (χ3v) is 4.58. The number of anilines is 1. The zero-order valence-electron chi connectivity index (χ0n) is 9.84. The van der Waals surface area contributed by atoms with E-state index in [-0.39, 0.29) is 0 Å². The van der Waals surface area contributed by atoms with Crippen molar-refractivity contribution in [3.8, 4) is 0 Å². The maximum Gasteiger partial charge on any atom is 0.0725 e. The first-order chi connectivity index (χ1) is 7.86. The Morgan fingerprint density at radius 2 is 1.94 bits per heavy atom. The minimum Gasteiger partial charge on any atom is -0.380 e. The van der Waals surface area contributed by atoms with E-state index < -0.39 is 0 Å². The molecule has 3 rings (SSSR count). The number of aromatic nitrogens is 2. The van der Waals surface area contributed by atoms with E-state index in [9.17, 15) is 0 Å². The normalized spacial score (nSPS) is 25.0. The maximum absolute atomic E-state index is 3.97. The molecule has 3 heteroatoms. The minimum absolute atomic E-state index is 0.670. The summed E-state index contributed by atoms with van der Waals surface area (Å²) in [5.41, 5.74) is 1.89. The van der Waals surface area contributed by atoms with Crippen LogP contribution in [0.4, 0.5) is 5.69 Å². The number of nitrogens with zero attached hydrogens (tertiary/aromatic N) is 1. The quantitative estimate of drug-likeness (QED) is 0.801. The molecule has 1 aromatic rings. The van der Waals surface area contributed by atoms with Gasteiger partial charge in [-0.1, -0.05) is 12.8 Å². The smallest absolute Gasteiger partial charge is 0.0725 e. The van der Waals surface area contributed by atoms with E-state index in [1.165, 1.54) is 51.4 Å². The summed E-state index contributed by atoms with van der Waals surface area (Å²) < 4.78 is 0. The van der Waals surface area contributed by atoms with E-state index >= 15 is 0 Å². The van der Waals surface area contributed by atoms with Crippen LogP contribution < -0.4 is 5.32 Å². The van der Waals surface area contributed by atoms with E-state index in [1.54, 1.807) is 0 Å². The second-order valence-electron chi connectivity index (χ2n) is 5.61. The fourth-order valence-corrected chi connectivity index (χ4v) is 3.57. The summed E-state index contributed by atoms with van der Waals surface area (Å²) >= 11 is 0. The summed E-state index contributed by atoms with van der Waals surface area (Å²) in [4.78, 5) is 0. The van der Waals surface area contributed by atoms with Crippen molar-refractivity contribution in [3.63, 3.8) is 0 Å². The second-order valence-corrected chi connectivity index (χ2v) is 5.61. The van der Waals surface area contributed by atoms with Gasteiger partial charge in [-0.2, -0.15) is 5.10 Å². The molecule has 2 aliphatic rings. The Morgan fingerprint density at radius 1 is 1.19 bits per heavy atom. The highest BCUT2D eigenvalue weighted by Gasteiger charge is 2.37. The summed E-state index contributed by atoms with van der Waals surface area (Å²) in [6.45, 7) is 0. The van der Waals surface area contributed by atoms with Gasteiger partial charge in [-0.15, -0.1) is 0 Å². The molecule has 16 heavy (non-hydrogen) atoms.